The second kappa shape index (κ2) is 8.17. The fraction of sp³-hybridized carbons (Fsp3) is 0.400. The summed E-state index contributed by atoms with van der Waals surface area (Å²) >= 11 is 0. The summed E-state index contributed by atoms with van der Waals surface area (Å²) in [6.45, 7) is 6.57. The van der Waals surface area contributed by atoms with Crippen LogP contribution in [-0.4, -0.2) is 48.0 Å². The van der Waals surface area contributed by atoms with Crippen LogP contribution in [0.1, 0.15) is 30.6 Å². The lowest BCUT2D eigenvalue weighted by Gasteiger charge is -2.36. The van der Waals surface area contributed by atoms with Crippen molar-refractivity contribution in [3.8, 4) is 0 Å². The number of pyridine rings is 1. The van der Waals surface area contributed by atoms with Crippen LogP contribution in [0.3, 0.4) is 0 Å². The SMILES string of the molecule is CCC(C)Nc1cc(C(=O)N2CCN(c3ccccc3F)CC2)ccn1. The molecule has 1 fully saturated rings. The Kier molecular flexibility index (Phi) is 5.71. The number of rotatable bonds is 5. The van der Waals surface area contributed by atoms with Gasteiger partial charge in [-0.3, -0.25) is 4.79 Å². The molecule has 1 amide bonds. The number of benzene rings is 1. The van der Waals surface area contributed by atoms with E-state index in [4.69, 9.17) is 0 Å². The summed E-state index contributed by atoms with van der Waals surface area (Å²) in [5, 5.41) is 3.29. The van der Waals surface area contributed by atoms with E-state index in [1.165, 1.54) is 6.07 Å². The molecule has 6 heteroatoms. The van der Waals surface area contributed by atoms with Gasteiger partial charge in [0.15, 0.2) is 0 Å². The number of nitrogens with zero attached hydrogens (tertiary/aromatic N) is 3. The zero-order chi connectivity index (χ0) is 18.5. The van der Waals surface area contributed by atoms with Gasteiger partial charge in [-0.1, -0.05) is 19.1 Å². The molecule has 1 N–H and O–H groups in total. The number of carbonyl (C=O) groups is 1. The summed E-state index contributed by atoms with van der Waals surface area (Å²) in [5.74, 6) is 0.491. The Hall–Kier alpha value is -2.63. The zero-order valence-electron chi connectivity index (χ0n) is 15.3. The largest absolute Gasteiger partial charge is 0.368 e. The monoisotopic (exact) mass is 356 g/mol. The fourth-order valence-electron chi connectivity index (χ4n) is 3.04. The van der Waals surface area contributed by atoms with Gasteiger partial charge in [0, 0.05) is 44.0 Å². The molecule has 0 aliphatic carbocycles. The van der Waals surface area contributed by atoms with Crippen molar-refractivity contribution in [1.82, 2.24) is 9.88 Å². The molecule has 0 bridgehead atoms. The molecule has 2 heterocycles. The van der Waals surface area contributed by atoms with E-state index < -0.39 is 0 Å². The predicted molar refractivity (Wildman–Crippen MR) is 102 cm³/mol. The van der Waals surface area contributed by atoms with E-state index in [0.29, 0.717) is 43.5 Å². The molecule has 1 aliphatic heterocycles. The van der Waals surface area contributed by atoms with E-state index in [9.17, 15) is 9.18 Å². The van der Waals surface area contributed by atoms with Crippen LogP contribution in [0.2, 0.25) is 0 Å². The maximum Gasteiger partial charge on any atom is 0.254 e. The Bertz CT molecular complexity index is 759. The van der Waals surface area contributed by atoms with E-state index in [2.05, 4.69) is 24.1 Å². The summed E-state index contributed by atoms with van der Waals surface area (Å²) in [6.07, 6.45) is 2.64. The van der Waals surface area contributed by atoms with Crippen molar-refractivity contribution in [1.29, 1.82) is 0 Å². The van der Waals surface area contributed by atoms with Gasteiger partial charge in [-0.05, 0) is 37.6 Å². The molecular formula is C20H25FN4O. The average Bonchev–Trinajstić information content (AvgIpc) is 2.68. The summed E-state index contributed by atoms with van der Waals surface area (Å²) in [4.78, 5) is 20.9. The van der Waals surface area contributed by atoms with Crippen molar-refractivity contribution in [2.24, 2.45) is 0 Å². The molecule has 0 spiro atoms. The maximum absolute atomic E-state index is 13.9. The van der Waals surface area contributed by atoms with Gasteiger partial charge in [-0.15, -0.1) is 0 Å². The van der Waals surface area contributed by atoms with Gasteiger partial charge in [0.05, 0.1) is 5.69 Å². The molecule has 1 aromatic heterocycles. The second-order valence-electron chi connectivity index (χ2n) is 6.61. The summed E-state index contributed by atoms with van der Waals surface area (Å²) in [6, 6.07) is 10.6. The molecule has 3 rings (SSSR count). The van der Waals surface area contributed by atoms with Crippen molar-refractivity contribution in [2.75, 3.05) is 36.4 Å². The fourth-order valence-corrected chi connectivity index (χ4v) is 3.04. The quantitative estimate of drug-likeness (QED) is 0.892. The Morgan fingerprint density at radius 2 is 1.96 bits per heavy atom. The molecule has 1 saturated heterocycles. The van der Waals surface area contributed by atoms with Crippen LogP contribution in [0, 0.1) is 5.82 Å². The van der Waals surface area contributed by atoms with E-state index in [-0.39, 0.29) is 11.7 Å². The standard InChI is InChI=1S/C20H25FN4O/c1-3-15(2)23-19-14-16(8-9-22-19)20(26)25-12-10-24(11-13-25)18-7-5-4-6-17(18)21/h4-9,14-15H,3,10-13H2,1-2H3,(H,22,23). The molecule has 1 unspecified atom stereocenters. The Morgan fingerprint density at radius 1 is 1.23 bits per heavy atom. The molecule has 0 saturated carbocycles. The number of anilines is 2. The van der Waals surface area contributed by atoms with Crippen LogP contribution in [0.15, 0.2) is 42.6 Å². The summed E-state index contributed by atoms with van der Waals surface area (Å²) < 4.78 is 13.9. The van der Waals surface area contributed by atoms with Crippen LogP contribution in [-0.2, 0) is 0 Å². The van der Waals surface area contributed by atoms with Gasteiger partial charge < -0.3 is 15.1 Å². The van der Waals surface area contributed by atoms with E-state index in [0.717, 1.165) is 12.2 Å². The minimum Gasteiger partial charge on any atom is -0.368 e. The number of carbonyl (C=O) groups excluding carboxylic acids is 1. The number of aromatic nitrogens is 1. The third-order valence-electron chi connectivity index (χ3n) is 4.77. The van der Waals surface area contributed by atoms with Crippen LogP contribution < -0.4 is 10.2 Å². The van der Waals surface area contributed by atoms with Crippen molar-refractivity contribution in [3.05, 3.63) is 54.0 Å². The van der Waals surface area contributed by atoms with Gasteiger partial charge in [0.25, 0.3) is 5.91 Å². The van der Waals surface area contributed by atoms with Crippen molar-refractivity contribution in [2.45, 2.75) is 26.3 Å². The van der Waals surface area contributed by atoms with Gasteiger partial charge in [-0.25, -0.2) is 9.37 Å². The maximum atomic E-state index is 13.9. The number of para-hydroxylation sites is 1. The van der Waals surface area contributed by atoms with E-state index in [1.807, 2.05) is 15.9 Å². The highest BCUT2D eigenvalue weighted by Gasteiger charge is 2.23. The Morgan fingerprint density at radius 3 is 2.65 bits per heavy atom. The van der Waals surface area contributed by atoms with Gasteiger partial charge >= 0.3 is 0 Å². The number of hydrogen-bond acceptors (Lipinski definition) is 4. The highest BCUT2D eigenvalue weighted by Crippen LogP contribution is 2.21. The molecule has 138 valence electrons. The number of hydrogen-bond donors (Lipinski definition) is 1. The van der Waals surface area contributed by atoms with Gasteiger partial charge in [0.2, 0.25) is 0 Å². The van der Waals surface area contributed by atoms with E-state index >= 15 is 0 Å². The lowest BCUT2D eigenvalue weighted by molar-refractivity contribution is 0.0746. The highest BCUT2D eigenvalue weighted by molar-refractivity contribution is 5.95. The second-order valence-corrected chi connectivity index (χ2v) is 6.61. The molecule has 0 radical (unpaired) electrons. The van der Waals surface area contributed by atoms with Gasteiger partial charge in [0.1, 0.15) is 11.6 Å². The molecule has 1 atom stereocenters. The molecule has 1 aromatic carbocycles. The number of nitrogens with one attached hydrogen (secondary N) is 1. The minimum atomic E-state index is -0.220. The van der Waals surface area contributed by atoms with Crippen LogP contribution >= 0.6 is 0 Å². The molecule has 5 nitrogen and oxygen atoms in total. The van der Waals surface area contributed by atoms with Crippen LogP contribution in [0.4, 0.5) is 15.9 Å². The highest BCUT2D eigenvalue weighted by atomic mass is 19.1. The first-order valence-corrected chi connectivity index (χ1v) is 9.10. The first kappa shape index (κ1) is 18.2. The third-order valence-corrected chi connectivity index (χ3v) is 4.77. The van der Waals surface area contributed by atoms with E-state index in [1.54, 1.807) is 30.5 Å². The normalized spacial score (nSPS) is 15.7. The third kappa shape index (κ3) is 4.12. The number of amides is 1. The topological polar surface area (TPSA) is 48.5 Å². The number of halogens is 1. The lowest BCUT2D eigenvalue weighted by atomic mass is 10.2. The zero-order valence-corrected chi connectivity index (χ0v) is 15.3. The van der Waals surface area contributed by atoms with Crippen molar-refractivity contribution in [3.63, 3.8) is 0 Å². The summed E-state index contributed by atoms with van der Waals surface area (Å²) in [7, 11) is 0. The smallest absolute Gasteiger partial charge is 0.254 e. The molecule has 26 heavy (non-hydrogen) atoms. The Labute approximate surface area is 153 Å². The molecule has 2 aromatic rings. The predicted octanol–water partition coefficient (Wildman–Crippen LogP) is 3.39. The van der Waals surface area contributed by atoms with Gasteiger partial charge in [-0.2, -0.15) is 0 Å². The molecular weight excluding hydrogens is 331 g/mol. The molecule has 1 aliphatic rings. The van der Waals surface area contributed by atoms with Crippen LogP contribution in [0.25, 0.3) is 0 Å². The lowest BCUT2D eigenvalue weighted by Crippen LogP contribution is -2.49. The summed E-state index contributed by atoms with van der Waals surface area (Å²) in [5.41, 5.74) is 1.23. The first-order valence-electron chi connectivity index (χ1n) is 9.10. The Balaban J connectivity index is 1.63. The van der Waals surface area contributed by atoms with Crippen LogP contribution in [0.5, 0.6) is 0 Å². The minimum absolute atomic E-state index is 0.00668. The van der Waals surface area contributed by atoms with Crippen molar-refractivity contribution < 1.29 is 9.18 Å². The first-order chi connectivity index (χ1) is 12.6. The average molecular weight is 356 g/mol. The number of piperazine rings is 1. The van der Waals surface area contributed by atoms with Crippen molar-refractivity contribution >= 4 is 17.4 Å².